The molecule has 0 saturated carbocycles. The molecule has 0 aromatic carbocycles. The first-order valence-corrected chi connectivity index (χ1v) is 7.56. The van der Waals surface area contributed by atoms with Crippen LogP contribution < -0.4 is 5.32 Å². The molecule has 1 unspecified atom stereocenters. The lowest BCUT2D eigenvalue weighted by Crippen LogP contribution is -2.43. The molecule has 0 amide bonds. The van der Waals surface area contributed by atoms with Crippen LogP contribution in [0.25, 0.3) is 0 Å². The molecule has 0 heterocycles. The van der Waals surface area contributed by atoms with Gasteiger partial charge in [0.15, 0.2) is 5.96 Å². The minimum atomic E-state index is 0.412. The van der Waals surface area contributed by atoms with E-state index in [0.29, 0.717) is 12.1 Å². The Bertz CT molecular complexity index is 224. The summed E-state index contributed by atoms with van der Waals surface area (Å²) in [5.41, 5.74) is 0. The topological polar surface area (TPSA) is 27.6 Å². The zero-order valence-electron chi connectivity index (χ0n) is 13.3. The van der Waals surface area contributed by atoms with Crippen molar-refractivity contribution in [3.8, 4) is 0 Å². The summed E-state index contributed by atoms with van der Waals surface area (Å²) in [5, 5.41) is 3.47. The summed E-state index contributed by atoms with van der Waals surface area (Å²) in [6.45, 7) is 12.1. The van der Waals surface area contributed by atoms with Crippen LogP contribution in [0.5, 0.6) is 0 Å². The number of aliphatic imine (C=N–C) groups is 1. The molecule has 3 nitrogen and oxygen atoms in total. The van der Waals surface area contributed by atoms with Crippen LogP contribution in [0.1, 0.15) is 66.7 Å². The van der Waals surface area contributed by atoms with E-state index in [9.17, 15) is 0 Å². The van der Waals surface area contributed by atoms with Gasteiger partial charge in [0, 0.05) is 19.6 Å². The van der Waals surface area contributed by atoms with Crippen LogP contribution in [-0.4, -0.2) is 36.5 Å². The molecule has 0 aromatic rings. The van der Waals surface area contributed by atoms with Gasteiger partial charge >= 0.3 is 0 Å². The smallest absolute Gasteiger partial charge is 0.194 e. The van der Waals surface area contributed by atoms with Crippen molar-refractivity contribution in [1.82, 2.24) is 10.2 Å². The molecule has 18 heavy (non-hydrogen) atoms. The minimum absolute atomic E-state index is 0.412. The van der Waals surface area contributed by atoms with E-state index in [2.05, 4.69) is 51.9 Å². The quantitative estimate of drug-likeness (QED) is 0.529. The third kappa shape index (κ3) is 8.37. The van der Waals surface area contributed by atoms with Crippen molar-refractivity contribution in [2.24, 2.45) is 4.99 Å². The van der Waals surface area contributed by atoms with E-state index in [1.165, 1.54) is 32.1 Å². The number of hydrogen-bond acceptors (Lipinski definition) is 1. The summed E-state index contributed by atoms with van der Waals surface area (Å²) in [7, 11) is 2.14. The van der Waals surface area contributed by atoms with Gasteiger partial charge in [0.2, 0.25) is 0 Å². The maximum Gasteiger partial charge on any atom is 0.194 e. The number of rotatable bonds is 8. The minimum Gasteiger partial charge on any atom is -0.354 e. The predicted octanol–water partition coefficient (Wildman–Crippen LogP) is 3.65. The van der Waals surface area contributed by atoms with Crippen LogP contribution in [0.3, 0.4) is 0 Å². The van der Waals surface area contributed by atoms with Crippen molar-refractivity contribution in [3.63, 3.8) is 0 Å². The van der Waals surface area contributed by atoms with Gasteiger partial charge in [-0.15, -0.1) is 0 Å². The zero-order chi connectivity index (χ0) is 14.0. The third-order valence-electron chi connectivity index (χ3n) is 2.94. The van der Waals surface area contributed by atoms with E-state index >= 15 is 0 Å². The fourth-order valence-electron chi connectivity index (χ4n) is 1.78. The molecule has 0 aliphatic carbocycles. The standard InChI is InChI=1S/C15H33N3/c1-7-9-11-14(5)17-15(16-13(3)4)18(6)12-10-8-2/h13-14H,7-12H2,1-6H3,(H,16,17). The van der Waals surface area contributed by atoms with E-state index in [1.54, 1.807) is 0 Å². The van der Waals surface area contributed by atoms with Crippen molar-refractivity contribution < 1.29 is 0 Å². The van der Waals surface area contributed by atoms with Crippen LogP contribution in [0.2, 0.25) is 0 Å². The van der Waals surface area contributed by atoms with Crippen LogP contribution in [0, 0.1) is 0 Å². The number of nitrogens with zero attached hydrogens (tertiary/aromatic N) is 2. The van der Waals surface area contributed by atoms with Crippen LogP contribution in [0.4, 0.5) is 0 Å². The largest absolute Gasteiger partial charge is 0.354 e. The third-order valence-corrected chi connectivity index (χ3v) is 2.94. The van der Waals surface area contributed by atoms with E-state index < -0.39 is 0 Å². The van der Waals surface area contributed by atoms with Gasteiger partial charge < -0.3 is 10.2 Å². The molecule has 0 rings (SSSR count). The van der Waals surface area contributed by atoms with Crippen molar-refractivity contribution >= 4 is 5.96 Å². The van der Waals surface area contributed by atoms with Crippen molar-refractivity contribution in [2.75, 3.05) is 13.6 Å². The Morgan fingerprint density at radius 3 is 2.22 bits per heavy atom. The van der Waals surface area contributed by atoms with Gasteiger partial charge in [-0.3, -0.25) is 4.99 Å². The number of hydrogen-bond donors (Lipinski definition) is 1. The molecule has 1 N–H and O–H groups in total. The van der Waals surface area contributed by atoms with E-state index in [1.807, 2.05) is 0 Å². The zero-order valence-corrected chi connectivity index (χ0v) is 13.3. The van der Waals surface area contributed by atoms with E-state index in [-0.39, 0.29) is 0 Å². The van der Waals surface area contributed by atoms with Gasteiger partial charge in [0.05, 0.1) is 6.04 Å². The van der Waals surface area contributed by atoms with E-state index in [0.717, 1.165) is 12.5 Å². The fraction of sp³-hybridized carbons (Fsp3) is 0.933. The highest BCUT2D eigenvalue weighted by Gasteiger charge is 2.09. The molecule has 108 valence electrons. The summed E-state index contributed by atoms with van der Waals surface area (Å²) in [4.78, 5) is 7.09. The number of guanidine groups is 1. The summed E-state index contributed by atoms with van der Waals surface area (Å²) < 4.78 is 0. The first-order chi connectivity index (χ1) is 8.51. The van der Waals surface area contributed by atoms with Crippen LogP contribution in [0.15, 0.2) is 4.99 Å². The van der Waals surface area contributed by atoms with Crippen molar-refractivity contribution in [2.45, 2.75) is 78.8 Å². The molecule has 1 atom stereocenters. The Labute approximate surface area is 114 Å². The maximum absolute atomic E-state index is 4.84. The monoisotopic (exact) mass is 255 g/mol. The highest BCUT2D eigenvalue weighted by atomic mass is 15.3. The molecule has 0 spiro atoms. The van der Waals surface area contributed by atoms with Crippen LogP contribution >= 0.6 is 0 Å². The second-order valence-corrected chi connectivity index (χ2v) is 5.52. The van der Waals surface area contributed by atoms with Gasteiger partial charge in [0.1, 0.15) is 0 Å². The van der Waals surface area contributed by atoms with Crippen LogP contribution in [-0.2, 0) is 0 Å². The molecule has 0 aromatic heterocycles. The Kier molecular flexibility index (Phi) is 9.80. The average molecular weight is 255 g/mol. The second-order valence-electron chi connectivity index (χ2n) is 5.52. The second kappa shape index (κ2) is 10.2. The number of unbranched alkanes of at least 4 members (excludes halogenated alkanes) is 2. The first-order valence-electron chi connectivity index (χ1n) is 7.56. The Hall–Kier alpha value is -0.730. The highest BCUT2D eigenvalue weighted by Crippen LogP contribution is 2.05. The lowest BCUT2D eigenvalue weighted by atomic mass is 10.1. The SMILES string of the molecule is CCCCC(C)N=C(NC(C)C)N(C)CCCC. The summed E-state index contributed by atoms with van der Waals surface area (Å²) >= 11 is 0. The van der Waals surface area contributed by atoms with Crippen molar-refractivity contribution in [3.05, 3.63) is 0 Å². The Morgan fingerprint density at radius 1 is 1.11 bits per heavy atom. The Morgan fingerprint density at radius 2 is 1.72 bits per heavy atom. The lowest BCUT2D eigenvalue weighted by molar-refractivity contribution is 0.450. The summed E-state index contributed by atoms with van der Waals surface area (Å²) in [6, 6.07) is 0.849. The molecule has 0 aliphatic heterocycles. The Balaban J connectivity index is 4.48. The predicted molar refractivity (Wildman–Crippen MR) is 82.2 cm³/mol. The molecule has 0 radical (unpaired) electrons. The molecular formula is C15H33N3. The highest BCUT2D eigenvalue weighted by molar-refractivity contribution is 5.80. The fourth-order valence-corrected chi connectivity index (χ4v) is 1.78. The molecule has 0 fully saturated rings. The summed E-state index contributed by atoms with van der Waals surface area (Å²) in [6.07, 6.45) is 6.14. The summed E-state index contributed by atoms with van der Waals surface area (Å²) in [5.74, 6) is 1.06. The molecule has 0 aliphatic rings. The van der Waals surface area contributed by atoms with Gasteiger partial charge in [-0.2, -0.15) is 0 Å². The normalized spacial score (nSPS) is 13.8. The maximum atomic E-state index is 4.84. The van der Waals surface area contributed by atoms with Gasteiger partial charge in [-0.1, -0.05) is 33.1 Å². The van der Waals surface area contributed by atoms with Gasteiger partial charge in [0.25, 0.3) is 0 Å². The van der Waals surface area contributed by atoms with E-state index in [4.69, 9.17) is 4.99 Å². The van der Waals surface area contributed by atoms with Crippen molar-refractivity contribution in [1.29, 1.82) is 0 Å². The van der Waals surface area contributed by atoms with Gasteiger partial charge in [-0.25, -0.2) is 0 Å². The molecule has 3 heteroatoms. The molecule has 0 bridgehead atoms. The molecule has 0 saturated heterocycles. The van der Waals surface area contributed by atoms with Gasteiger partial charge in [-0.05, 0) is 33.6 Å². The number of nitrogens with one attached hydrogen (secondary N) is 1. The lowest BCUT2D eigenvalue weighted by Gasteiger charge is -2.25. The molecular weight excluding hydrogens is 222 g/mol. The first kappa shape index (κ1) is 17.3. The average Bonchev–Trinajstić information content (AvgIpc) is 2.32.